The first-order valence-corrected chi connectivity index (χ1v) is 10.8. The highest BCUT2D eigenvalue weighted by Gasteiger charge is 2.41. The molecule has 1 atom stereocenters. The molecule has 0 saturated carbocycles. The molecule has 2 aromatic carbocycles. The number of aromatic nitrogens is 1. The molecule has 8 heteroatoms. The van der Waals surface area contributed by atoms with Crippen molar-refractivity contribution in [1.29, 1.82) is 0 Å². The van der Waals surface area contributed by atoms with Crippen molar-refractivity contribution in [2.24, 2.45) is 0 Å². The maximum Gasteiger partial charge on any atom is 0.387 e. The molecule has 0 radical (unpaired) electrons. The number of amides is 2. The number of hydrogen-bond acceptors (Lipinski definition) is 4. The summed E-state index contributed by atoms with van der Waals surface area (Å²) in [5.74, 6) is -1.27. The summed E-state index contributed by atoms with van der Waals surface area (Å²) in [4.78, 5) is 26.8. The van der Waals surface area contributed by atoms with Gasteiger partial charge in [-0.25, -0.2) is 0 Å². The second kappa shape index (κ2) is 7.72. The molecule has 0 saturated heterocycles. The smallest absolute Gasteiger partial charge is 0.387 e. The molecule has 0 aliphatic carbocycles. The number of nitrogens with one attached hydrogen (secondary N) is 1. The zero-order valence-corrected chi connectivity index (χ0v) is 18.4. The number of alkyl halides is 2. The largest absolute Gasteiger partial charge is 0.435 e. The Bertz CT molecular complexity index is 1330. The standard InChI is InChI=1S/C25H23F2N3O3/c1-13(2)29-11-17-21(15-6-4-7-16(10-15)33-25(26)27)23-19(12-30(14(3)31)24(23)32)28-18-8-5-9-20(29)22(17)18/h4-11,13,21,25,28H,12H2,1-3H3/t21-/m0/s1. The van der Waals surface area contributed by atoms with Crippen molar-refractivity contribution < 1.29 is 23.1 Å². The number of halogens is 2. The highest BCUT2D eigenvalue weighted by molar-refractivity contribution is 6.11. The average Bonchev–Trinajstić information content (AvgIpc) is 3.24. The van der Waals surface area contributed by atoms with Crippen LogP contribution in [-0.4, -0.2) is 34.4 Å². The molecule has 6 nitrogen and oxygen atoms in total. The van der Waals surface area contributed by atoms with Crippen molar-refractivity contribution in [1.82, 2.24) is 9.47 Å². The van der Waals surface area contributed by atoms with E-state index in [1.807, 2.05) is 24.4 Å². The van der Waals surface area contributed by atoms with Crippen LogP contribution in [0.1, 0.15) is 43.9 Å². The van der Waals surface area contributed by atoms with Gasteiger partial charge in [-0.15, -0.1) is 0 Å². The summed E-state index contributed by atoms with van der Waals surface area (Å²) in [6.45, 7) is 2.69. The molecule has 3 heterocycles. The van der Waals surface area contributed by atoms with E-state index >= 15 is 0 Å². The summed E-state index contributed by atoms with van der Waals surface area (Å²) in [6, 6.07) is 12.5. The highest BCUT2D eigenvalue weighted by atomic mass is 19.3. The molecule has 1 aromatic heterocycles. The van der Waals surface area contributed by atoms with Gasteiger partial charge in [-0.2, -0.15) is 8.78 Å². The zero-order chi connectivity index (χ0) is 23.4. The third-order valence-corrected chi connectivity index (χ3v) is 6.24. The Labute approximate surface area is 189 Å². The van der Waals surface area contributed by atoms with Crippen molar-refractivity contribution in [3.05, 3.63) is 71.1 Å². The Kier molecular flexibility index (Phi) is 4.96. The third-order valence-electron chi connectivity index (χ3n) is 6.24. The molecule has 0 spiro atoms. The van der Waals surface area contributed by atoms with Gasteiger partial charge in [0.25, 0.3) is 5.91 Å². The van der Waals surface area contributed by atoms with E-state index in [2.05, 4.69) is 28.5 Å². The number of rotatable bonds is 4. The Morgan fingerprint density at radius 1 is 1.18 bits per heavy atom. The van der Waals surface area contributed by atoms with E-state index in [1.165, 1.54) is 24.0 Å². The predicted molar refractivity (Wildman–Crippen MR) is 120 cm³/mol. The summed E-state index contributed by atoms with van der Waals surface area (Å²) in [6.07, 6.45) is 2.02. The number of ether oxygens (including phenoxy) is 1. The van der Waals surface area contributed by atoms with Crippen molar-refractivity contribution in [2.75, 3.05) is 11.9 Å². The summed E-state index contributed by atoms with van der Waals surface area (Å²) < 4.78 is 32.6. The lowest BCUT2D eigenvalue weighted by Crippen LogP contribution is -2.33. The van der Waals surface area contributed by atoms with Crippen molar-refractivity contribution in [3.63, 3.8) is 0 Å². The van der Waals surface area contributed by atoms with Gasteiger partial charge in [0, 0.05) is 41.9 Å². The Hall–Kier alpha value is -3.68. The first-order valence-electron chi connectivity index (χ1n) is 10.8. The average molecular weight is 451 g/mol. The first-order chi connectivity index (χ1) is 15.8. The lowest BCUT2D eigenvalue weighted by molar-refractivity contribution is -0.139. The Balaban J connectivity index is 1.78. The number of carbonyl (C=O) groups is 2. The molecule has 33 heavy (non-hydrogen) atoms. The van der Waals surface area contributed by atoms with Gasteiger partial charge < -0.3 is 14.6 Å². The first kappa shape index (κ1) is 21.2. The quantitative estimate of drug-likeness (QED) is 0.605. The van der Waals surface area contributed by atoms with Gasteiger partial charge in [0.2, 0.25) is 5.91 Å². The third kappa shape index (κ3) is 3.37. The van der Waals surface area contributed by atoms with Gasteiger partial charge in [0.05, 0.1) is 17.6 Å². The minimum absolute atomic E-state index is 0.0172. The van der Waals surface area contributed by atoms with Crippen LogP contribution in [0, 0.1) is 0 Å². The predicted octanol–water partition coefficient (Wildman–Crippen LogP) is 5.02. The topological polar surface area (TPSA) is 63.6 Å². The molecule has 2 aliphatic heterocycles. The van der Waals surface area contributed by atoms with Crippen LogP contribution in [0.4, 0.5) is 14.5 Å². The molecule has 3 aromatic rings. The monoisotopic (exact) mass is 451 g/mol. The maximum atomic E-state index is 13.4. The Morgan fingerprint density at radius 3 is 2.64 bits per heavy atom. The molecule has 0 unspecified atom stereocenters. The van der Waals surface area contributed by atoms with Crippen LogP contribution in [0.15, 0.2) is 59.9 Å². The van der Waals surface area contributed by atoms with E-state index in [-0.39, 0.29) is 30.2 Å². The molecular weight excluding hydrogens is 428 g/mol. The van der Waals surface area contributed by atoms with E-state index in [9.17, 15) is 18.4 Å². The molecule has 1 N–H and O–H groups in total. The van der Waals surface area contributed by atoms with E-state index in [0.717, 1.165) is 22.2 Å². The van der Waals surface area contributed by atoms with Crippen LogP contribution in [-0.2, 0) is 9.59 Å². The zero-order valence-electron chi connectivity index (χ0n) is 18.4. The number of nitrogens with zero attached hydrogens (tertiary/aromatic N) is 2. The molecule has 0 bridgehead atoms. The van der Waals surface area contributed by atoms with Gasteiger partial charge in [0.15, 0.2) is 0 Å². The maximum absolute atomic E-state index is 13.4. The summed E-state index contributed by atoms with van der Waals surface area (Å²) in [5.41, 5.74) is 4.45. The van der Waals surface area contributed by atoms with Crippen molar-refractivity contribution >= 4 is 28.4 Å². The van der Waals surface area contributed by atoms with E-state index in [1.54, 1.807) is 12.1 Å². The fraction of sp³-hybridized carbons (Fsp3) is 0.280. The summed E-state index contributed by atoms with van der Waals surface area (Å²) in [5, 5.41) is 4.37. The molecule has 2 aliphatic rings. The van der Waals surface area contributed by atoms with Crippen LogP contribution in [0.2, 0.25) is 0 Å². The lowest BCUT2D eigenvalue weighted by Gasteiger charge is -2.20. The van der Waals surface area contributed by atoms with Gasteiger partial charge in [-0.05, 0) is 49.2 Å². The van der Waals surface area contributed by atoms with E-state index in [4.69, 9.17) is 0 Å². The highest BCUT2D eigenvalue weighted by Crippen LogP contribution is 2.47. The summed E-state index contributed by atoms with van der Waals surface area (Å²) in [7, 11) is 0. The lowest BCUT2D eigenvalue weighted by atomic mass is 9.84. The second-order valence-corrected chi connectivity index (χ2v) is 8.60. The molecule has 0 fully saturated rings. The fourth-order valence-electron chi connectivity index (χ4n) is 4.88. The van der Waals surface area contributed by atoms with E-state index in [0.29, 0.717) is 16.8 Å². The van der Waals surface area contributed by atoms with Gasteiger partial charge in [-0.1, -0.05) is 18.2 Å². The van der Waals surface area contributed by atoms with Crippen LogP contribution in [0.3, 0.4) is 0 Å². The number of hydrogen-bond donors (Lipinski definition) is 1. The fourth-order valence-corrected chi connectivity index (χ4v) is 4.88. The normalized spacial score (nSPS) is 17.6. The SMILES string of the molecule is CC(=O)N1CC2=C(C1=O)[C@@H](c1cccc(OC(F)F)c1)c1cn(C(C)C)c3cccc(c13)N2. The van der Waals surface area contributed by atoms with Crippen LogP contribution < -0.4 is 10.1 Å². The number of imide groups is 1. The van der Waals surface area contributed by atoms with Crippen LogP contribution in [0.5, 0.6) is 5.75 Å². The second-order valence-electron chi connectivity index (χ2n) is 8.60. The number of anilines is 1. The van der Waals surface area contributed by atoms with E-state index < -0.39 is 12.5 Å². The van der Waals surface area contributed by atoms with Gasteiger partial charge in [0.1, 0.15) is 5.75 Å². The number of benzene rings is 2. The van der Waals surface area contributed by atoms with Gasteiger partial charge in [-0.3, -0.25) is 14.5 Å². The van der Waals surface area contributed by atoms with Crippen LogP contribution >= 0.6 is 0 Å². The molecule has 170 valence electrons. The molecular formula is C25H23F2N3O3. The van der Waals surface area contributed by atoms with Gasteiger partial charge >= 0.3 is 6.61 Å². The van der Waals surface area contributed by atoms with Crippen LogP contribution in [0.25, 0.3) is 10.9 Å². The van der Waals surface area contributed by atoms with Crippen molar-refractivity contribution in [2.45, 2.75) is 39.3 Å². The summed E-state index contributed by atoms with van der Waals surface area (Å²) >= 11 is 0. The minimum Gasteiger partial charge on any atom is -0.435 e. The van der Waals surface area contributed by atoms with Crippen molar-refractivity contribution in [3.8, 4) is 5.75 Å². The molecule has 2 amide bonds. The minimum atomic E-state index is -2.96. The Morgan fingerprint density at radius 2 is 1.94 bits per heavy atom. The molecule has 5 rings (SSSR count). The number of carbonyl (C=O) groups excluding carboxylic acids is 2.